The maximum atomic E-state index is 3.39. The highest BCUT2D eigenvalue weighted by Crippen LogP contribution is 2.22. The first-order valence-electron chi connectivity index (χ1n) is 6.04. The van der Waals surface area contributed by atoms with E-state index in [4.69, 9.17) is 0 Å². The topological polar surface area (TPSA) is 12.0 Å². The molecule has 1 unspecified atom stereocenters. The molecule has 0 amide bonds. The third kappa shape index (κ3) is 4.58. The van der Waals surface area contributed by atoms with Gasteiger partial charge in [-0.15, -0.1) is 11.8 Å². The van der Waals surface area contributed by atoms with Crippen LogP contribution in [0, 0.1) is 19.8 Å². The SMILES string of the molecule is CCNCC(C)CSc1ccc(C)c(C)c1. The van der Waals surface area contributed by atoms with Gasteiger partial charge in [0, 0.05) is 10.6 Å². The van der Waals surface area contributed by atoms with Crippen molar-refractivity contribution in [1.82, 2.24) is 5.32 Å². The lowest BCUT2D eigenvalue weighted by Gasteiger charge is -2.11. The van der Waals surface area contributed by atoms with Crippen LogP contribution in [-0.4, -0.2) is 18.8 Å². The molecule has 1 rings (SSSR count). The van der Waals surface area contributed by atoms with Crippen LogP contribution in [0.5, 0.6) is 0 Å². The molecule has 0 saturated carbocycles. The van der Waals surface area contributed by atoms with Crippen molar-refractivity contribution in [2.45, 2.75) is 32.6 Å². The molecule has 16 heavy (non-hydrogen) atoms. The molecule has 0 aliphatic rings. The van der Waals surface area contributed by atoms with Crippen LogP contribution in [0.15, 0.2) is 23.1 Å². The minimum absolute atomic E-state index is 0.728. The molecule has 0 saturated heterocycles. The Morgan fingerprint density at radius 3 is 2.62 bits per heavy atom. The average Bonchev–Trinajstić information content (AvgIpc) is 2.28. The summed E-state index contributed by atoms with van der Waals surface area (Å²) in [6, 6.07) is 6.74. The van der Waals surface area contributed by atoms with Crippen LogP contribution in [0.1, 0.15) is 25.0 Å². The van der Waals surface area contributed by atoms with Crippen molar-refractivity contribution < 1.29 is 0 Å². The van der Waals surface area contributed by atoms with Gasteiger partial charge in [0.15, 0.2) is 0 Å². The second-order valence-corrected chi connectivity index (χ2v) is 5.56. The normalized spacial score (nSPS) is 12.8. The fraction of sp³-hybridized carbons (Fsp3) is 0.571. The number of rotatable bonds is 6. The molecule has 1 N–H and O–H groups in total. The van der Waals surface area contributed by atoms with Crippen LogP contribution in [0.4, 0.5) is 0 Å². The molecule has 1 nitrogen and oxygen atoms in total. The minimum atomic E-state index is 0.728. The fourth-order valence-electron chi connectivity index (χ4n) is 1.49. The lowest BCUT2D eigenvalue weighted by Crippen LogP contribution is -2.21. The van der Waals surface area contributed by atoms with E-state index in [1.807, 2.05) is 11.8 Å². The second kappa shape index (κ2) is 6.97. The van der Waals surface area contributed by atoms with Gasteiger partial charge in [0.1, 0.15) is 0 Å². The molecule has 0 spiro atoms. The first-order valence-corrected chi connectivity index (χ1v) is 7.02. The lowest BCUT2D eigenvalue weighted by atomic mass is 10.1. The van der Waals surface area contributed by atoms with E-state index >= 15 is 0 Å². The Bertz CT molecular complexity index is 323. The Morgan fingerprint density at radius 2 is 2.00 bits per heavy atom. The summed E-state index contributed by atoms with van der Waals surface area (Å²) in [4.78, 5) is 1.39. The summed E-state index contributed by atoms with van der Waals surface area (Å²) in [5.74, 6) is 1.92. The molecule has 0 heterocycles. The third-order valence-electron chi connectivity index (χ3n) is 2.76. The van der Waals surface area contributed by atoms with Gasteiger partial charge in [-0.25, -0.2) is 0 Å². The van der Waals surface area contributed by atoms with Gasteiger partial charge in [-0.3, -0.25) is 0 Å². The zero-order valence-electron chi connectivity index (χ0n) is 10.8. The molecule has 0 bridgehead atoms. The van der Waals surface area contributed by atoms with E-state index in [-0.39, 0.29) is 0 Å². The van der Waals surface area contributed by atoms with Crippen molar-refractivity contribution in [3.8, 4) is 0 Å². The summed E-state index contributed by atoms with van der Waals surface area (Å²) in [5, 5.41) is 3.39. The maximum absolute atomic E-state index is 3.39. The van der Waals surface area contributed by atoms with Gasteiger partial charge in [0.2, 0.25) is 0 Å². The monoisotopic (exact) mass is 237 g/mol. The molecule has 0 fully saturated rings. The Kier molecular flexibility index (Phi) is 5.93. The number of thioether (sulfide) groups is 1. The molecule has 1 atom stereocenters. The summed E-state index contributed by atoms with van der Waals surface area (Å²) < 4.78 is 0. The molecule has 90 valence electrons. The zero-order valence-corrected chi connectivity index (χ0v) is 11.7. The number of aryl methyl sites for hydroxylation is 2. The summed E-state index contributed by atoms with van der Waals surface area (Å²) in [7, 11) is 0. The zero-order chi connectivity index (χ0) is 12.0. The van der Waals surface area contributed by atoms with Crippen LogP contribution in [0.2, 0.25) is 0 Å². The van der Waals surface area contributed by atoms with Crippen LogP contribution >= 0.6 is 11.8 Å². The van der Waals surface area contributed by atoms with E-state index in [1.54, 1.807) is 0 Å². The highest BCUT2D eigenvalue weighted by atomic mass is 32.2. The van der Waals surface area contributed by atoms with Gasteiger partial charge < -0.3 is 5.32 Å². The summed E-state index contributed by atoms with van der Waals surface area (Å²) in [5.41, 5.74) is 2.77. The van der Waals surface area contributed by atoms with E-state index in [2.05, 4.69) is 51.2 Å². The van der Waals surface area contributed by atoms with Gasteiger partial charge in [-0.2, -0.15) is 0 Å². The smallest absolute Gasteiger partial charge is 0.00748 e. The predicted molar refractivity (Wildman–Crippen MR) is 74.3 cm³/mol. The second-order valence-electron chi connectivity index (χ2n) is 4.47. The van der Waals surface area contributed by atoms with Gasteiger partial charge >= 0.3 is 0 Å². The molecule has 2 heteroatoms. The van der Waals surface area contributed by atoms with E-state index in [1.165, 1.54) is 21.8 Å². The first kappa shape index (κ1) is 13.6. The summed E-state index contributed by atoms with van der Waals surface area (Å²) >= 11 is 1.96. The highest BCUT2D eigenvalue weighted by Gasteiger charge is 2.03. The quantitative estimate of drug-likeness (QED) is 0.758. The van der Waals surface area contributed by atoms with Gasteiger partial charge in [0.25, 0.3) is 0 Å². The maximum Gasteiger partial charge on any atom is 0.00748 e. The van der Waals surface area contributed by atoms with Crippen molar-refractivity contribution in [3.05, 3.63) is 29.3 Å². The molecule has 0 aliphatic carbocycles. The van der Waals surface area contributed by atoms with Crippen molar-refractivity contribution in [2.24, 2.45) is 5.92 Å². The fourth-order valence-corrected chi connectivity index (χ4v) is 2.51. The van der Waals surface area contributed by atoms with Crippen molar-refractivity contribution in [3.63, 3.8) is 0 Å². The number of benzene rings is 1. The van der Waals surface area contributed by atoms with Crippen molar-refractivity contribution in [1.29, 1.82) is 0 Å². The Labute approximate surface area is 104 Å². The Balaban J connectivity index is 2.39. The van der Waals surface area contributed by atoms with Crippen molar-refractivity contribution in [2.75, 3.05) is 18.8 Å². The average molecular weight is 237 g/mol. The van der Waals surface area contributed by atoms with Gasteiger partial charge in [-0.05, 0) is 56.1 Å². The standard InChI is InChI=1S/C14H23NS/c1-5-15-9-11(2)10-16-14-7-6-12(3)13(4)8-14/h6-8,11,15H,5,9-10H2,1-4H3. The van der Waals surface area contributed by atoms with Crippen LogP contribution in [-0.2, 0) is 0 Å². The largest absolute Gasteiger partial charge is 0.317 e. The van der Waals surface area contributed by atoms with E-state index in [0.717, 1.165) is 19.0 Å². The van der Waals surface area contributed by atoms with Gasteiger partial charge in [0.05, 0.1) is 0 Å². The molecule has 0 radical (unpaired) electrons. The predicted octanol–water partition coefficient (Wildman–Crippen LogP) is 3.64. The van der Waals surface area contributed by atoms with Crippen LogP contribution < -0.4 is 5.32 Å². The number of hydrogen-bond donors (Lipinski definition) is 1. The third-order valence-corrected chi connectivity index (χ3v) is 4.08. The molecule has 0 aliphatic heterocycles. The molecule has 1 aromatic carbocycles. The summed E-state index contributed by atoms with van der Waals surface area (Å²) in [6.07, 6.45) is 0. The molecular formula is C14H23NS. The molecule has 1 aromatic rings. The number of nitrogens with one attached hydrogen (secondary N) is 1. The minimum Gasteiger partial charge on any atom is -0.317 e. The van der Waals surface area contributed by atoms with Crippen molar-refractivity contribution >= 4 is 11.8 Å². The lowest BCUT2D eigenvalue weighted by molar-refractivity contribution is 0.574. The van der Waals surface area contributed by atoms with Gasteiger partial charge in [-0.1, -0.05) is 19.9 Å². The first-order chi connectivity index (χ1) is 7.63. The van der Waals surface area contributed by atoms with E-state index in [0.29, 0.717) is 0 Å². The van der Waals surface area contributed by atoms with E-state index in [9.17, 15) is 0 Å². The Morgan fingerprint density at radius 1 is 1.25 bits per heavy atom. The van der Waals surface area contributed by atoms with Crippen LogP contribution in [0.3, 0.4) is 0 Å². The molecular weight excluding hydrogens is 214 g/mol. The molecule has 0 aromatic heterocycles. The Hall–Kier alpha value is -0.470. The number of hydrogen-bond acceptors (Lipinski definition) is 2. The van der Waals surface area contributed by atoms with Crippen LogP contribution in [0.25, 0.3) is 0 Å². The summed E-state index contributed by atoms with van der Waals surface area (Å²) in [6.45, 7) is 11.0. The highest BCUT2D eigenvalue weighted by molar-refractivity contribution is 7.99. The van der Waals surface area contributed by atoms with E-state index < -0.39 is 0 Å².